The molecule has 2 rings (SSSR count). The van der Waals surface area contributed by atoms with E-state index in [0.29, 0.717) is 12.5 Å². The molecule has 15 heavy (non-hydrogen) atoms. The van der Waals surface area contributed by atoms with Crippen LogP contribution < -0.4 is 4.74 Å². The van der Waals surface area contributed by atoms with E-state index in [9.17, 15) is 0 Å². The van der Waals surface area contributed by atoms with Gasteiger partial charge in [0, 0.05) is 5.56 Å². The molecule has 1 atom stereocenters. The molecule has 82 valence electrons. The fourth-order valence-corrected chi connectivity index (χ4v) is 2.24. The zero-order chi connectivity index (χ0) is 10.8. The van der Waals surface area contributed by atoms with Gasteiger partial charge in [0.15, 0.2) is 0 Å². The zero-order valence-corrected chi connectivity index (χ0v) is 10.1. The molecule has 0 radical (unpaired) electrons. The lowest BCUT2D eigenvalue weighted by Gasteiger charge is -2.15. The van der Waals surface area contributed by atoms with E-state index >= 15 is 0 Å². The minimum absolute atomic E-state index is 0.131. The van der Waals surface area contributed by atoms with E-state index in [2.05, 4.69) is 19.1 Å². The summed E-state index contributed by atoms with van der Waals surface area (Å²) in [5.41, 5.74) is 2.42. The van der Waals surface area contributed by atoms with Gasteiger partial charge in [-0.3, -0.25) is 0 Å². The lowest BCUT2D eigenvalue weighted by Crippen LogP contribution is -2.00. The highest BCUT2D eigenvalue weighted by molar-refractivity contribution is 6.21. The molecule has 1 aliphatic rings. The third kappa shape index (κ3) is 2.46. The van der Waals surface area contributed by atoms with Crippen LogP contribution in [0.25, 0.3) is 0 Å². The number of aryl methyl sites for hydroxylation is 1. The molecule has 0 amide bonds. The average molecular weight is 225 g/mol. The number of hydrogen-bond donors (Lipinski definition) is 0. The molecule has 0 bridgehead atoms. The van der Waals surface area contributed by atoms with Gasteiger partial charge < -0.3 is 4.74 Å². The third-order valence-corrected chi connectivity index (χ3v) is 3.39. The standard InChI is InChI=1S/C13H17ClO/c1-3-15-12-7-4-9(2)8-11(12)13(14)10-5-6-10/h4,7-8,10,13H,3,5-6H2,1-2H3. The summed E-state index contributed by atoms with van der Waals surface area (Å²) in [6.45, 7) is 4.80. The molecule has 1 aliphatic carbocycles. The number of alkyl halides is 1. The summed E-state index contributed by atoms with van der Waals surface area (Å²) < 4.78 is 5.61. The van der Waals surface area contributed by atoms with E-state index in [1.807, 2.05) is 13.0 Å². The largest absolute Gasteiger partial charge is 0.494 e. The van der Waals surface area contributed by atoms with Crippen molar-refractivity contribution in [2.24, 2.45) is 5.92 Å². The molecule has 0 aliphatic heterocycles. The number of rotatable bonds is 4. The van der Waals surface area contributed by atoms with E-state index in [-0.39, 0.29) is 5.38 Å². The predicted molar refractivity (Wildman–Crippen MR) is 63.7 cm³/mol. The number of halogens is 1. The fourth-order valence-electron chi connectivity index (χ4n) is 1.81. The van der Waals surface area contributed by atoms with E-state index in [1.165, 1.54) is 24.0 Å². The van der Waals surface area contributed by atoms with Crippen molar-refractivity contribution in [1.29, 1.82) is 0 Å². The lowest BCUT2D eigenvalue weighted by molar-refractivity contribution is 0.335. The van der Waals surface area contributed by atoms with E-state index in [1.54, 1.807) is 0 Å². The molecule has 0 N–H and O–H groups in total. The Balaban J connectivity index is 2.28. The molecule has 0 saturated heterocycles. The molecule has 1 saturated carbocycles. The minimum Gasteiger partial charge on any atom is -0.494 e. The second-order valence-electron chi connectivity index (χ2n) is 4.21. The van der Waals surface area contributed by atoms with Crippen LogP contribution in [0.4, 0.5) is 0 Å². The van der Waals surface area contributed by atoms with Crippen molar-refractivity contribution in [3.05, 3.63) is 29.3 Å². The second kappa shape index (κ2) is 4.44. The maximum atomic E-state index is 6.44. The second-order valence-corrected chi connectivity index (χ2v) is 4.68. The van der Waals surface area contributed by atoms with Crippen LogP contribution in [0.1, 0.15) is 36.3 Å². The Morgan fingerprint density at radius 3 is 2.80 bits per heavy atom. The van der Waals surface area contributed by atoms with Crippen LogP contribution in [0.5, 0.6) is 5.75 Å². The first-order valence-corrected chi connectivity index (χ1v) is 6.03. The summed E-state index contributed by atoms with van der Waals surface area (Å²) in [6.07, 6.45) is 2.52. The van der Waals surface area contributed by atoms with Gasteiger partial charge in [-0.2, -0.15) is 0 Å². The van der Waals surface area contributed by atoms with Crippen LogP contribution in [-0.2, 0) is 0 Å². The van der Waals surface area contributed by atoms with Crippen LogP contribution in [-0.4, -0.2) is 6.61 Å². The quantitative estimate of drug-likeness (QED) is 0.701. The molecule has 2 heteroatoms. The summed E-state index contributed by atoms with van der Waals surface area (Å²) >= 11 is 6.44. The number of benzene rings is 1. The van der Waals surface area contributed by atoms with E-state index in [4.69, 9.17) is 16.3 Å². The van der Waals surface area contributed by atoms with Gasteiger partial charge in [0.1, 0.15) is 5.75 Å². The Morgan fingerprint density at radius 2 is 2.20 bits per heavy atom. The Hall–Kier alpha value is -0.690. The van der Waals surface area contributed by atoms with Crippen molar-refractivity contribution in [1.82, 2.24) is 0 Å². The predicted octanol–water partition coefficient (Wildman–Crippen LogP) is 4.08. The Labute approximate surface area is 96.4 Å². The number of ether oxygens (including phenoxy) is 1. The molecule has 0 aromatic heterocycles. The maximum Gasteiger partial charge on any atom is 0.123 e. The third-order valence-electron chi connectivity index (χ3n) is 2.80. The van der Waals surface area contributed by atoms with Gasteiger partial charge in [0.05, 0.1) is 12.0 Å². The molecule has 1 unspecified atom stereocenters. The van der Waals surface area contributed by atoms with Gasteiger partial charge in [0.25, 0.3) is 0 Å². The fraction of sp³-hybridized carbons (Fsp3) is 0.538. The molecule has 1 aromatic carbocycles. The molecule has 0 heterocycles. The van der Waals surface area contributed by atoms with Gasteiger partial charge in [-0.25, -0.2) is 0 Å². The summed E-state index contributed by atoms with van der Waals surface area (Å²) in [7, 11) is 0. The summed E-state index contributed by atoms with van der Waals surface area (Å²) in [5, 5.41) is 0.131. The lowest BCUT2D eigenvalue weighted by atomic mass is 10.0. The molecule has 1 fully saturated rings. The van der Waals surface area contributed by atoms with Crippen LogP contribution >= 0.6 is 11.6 Å². The first-order chi connectivity index (χ1) is 7.22. The Kier molecular flexibility index (Phi) is 3.20. The van der Waals surface area contributed by atoms with Crippen molar-refractivity contribution in [3.8, 4) is 5.75 Å². The minimum atomic E-state index is 0.131. The van der Waals surface area contributed by atoms with Gasteiger partial charge in [0.2, 0.25) is 0 Å². The van der Waals surface area contributed by atoms with Gasteiger partial charge in [-0.1, -0.05) is 17.7 Å². The van der Waals surface area contributed by atoms with E-state index < -0.39 is 0 Å². The molecule has 1 aromatic rings. The highest BCUT2D eigenvalue weighted by Crippen LogP contribution is 2.47. The first-order valence-electron chi connectivity index (χ1n) is 5.59. The monoisotopic (exact) mass is 224 g/mol. The molecule has 1 nitrogen and oxygen atoms in total. The topological polar surface area (TPSA) is 9.23 Å². The molecular weight excluding hydrogens is 208 g/mol. The summed E-state index contributed by atoms with van der Waals surface area (Å²) in [6, 6.07) is 6.26. The Morgan fingerprint density at radius 1 is 1.47 bits per heavy atom. The summed E-state index contributed by atoms with van der Waals surface area (Å²) in [4.78, 5) is 0. The normalized spacial score (nSPS) is 17.5. The van der Waals surface area contributed by atoms with Crippen LogP contribution in [0, 0.1) is 12.8 Å². The van der Waals surface area contributed by atoms with Gasteiger partial charge in [-0.05, 0) is 38.7 Å². The van der Waals surface area contributed by atoms with E-state index in [0.717, 1.165) is 5.75 Å². The first kappa shape index (κ1) is 10.8. The van der Waals surface area contributed by atoms with Crippen LogP contribution in [0.3, 0.4) is 0 Å². The maximum absolute atomic E-state index is 6.44. The van der Waals surface area contributed by atoms with Crippen molar-refractivity contribution in [3.63, 3.8) is 0 Å². The van der Waals surface area contributed by atoms with Crippen LogP contribution in [0.15, 0.2) is 18.2 Å². The highest BCUT2D eigenvalue weighted by Gasteiger charge is 2.32. The van der Waals surface area contributed by atoms with Gasteiger partial charge >= 0.3 is 0 Å². The number of hydrogen-bond acceptors (Lipinski definition) is 1. The average Bonchev–Trinajstić information content (AvgIpc) is 3.03. The molecular formula is C13H17ClO. The SMILES string of the molecule is CCOc1ccc(C)cc1C(Cl)C1CC1. The van der Waals surface area contributed by atoms with Crippen molar-refractivity contribution < 1.29 is 4.74 Å². The zero-order valence-electron chi connectivity index (χ0n) is 9.29. The Bertz CT molecular complexity index is 344. The van der Waals surface area contributed by atoms with Crippen molar-refractivity contribution >= 4 is 11.6 Å². The summed E-state index contributed by atoms with van der Waals surface area (Å²) in [5.74, 6) is 1.61. The van der Waals surface area contributed by atoms with Crippen LogP contribution in [0.2, 0.25) is 0 Å². The van der Waals surface area contributed by atoms with Crippen molar-refractivity contribution in [2.75, 3.05) is 6.61 Å². The highest BCUT2D eigenvalue weighted by atomic mass is 35.5. The van der Waals surface area contributed by atoms with Gasteiger partial charge in [-0.15, -0.1) is 11.6 Å². The molecule has 0 spiro atoms. The van der Waals surface area contributed by atoms with Crippen molar-refractivity contribution in [2.45, 2.75) is 32.1 Å². The smallest absolute Gasteiger partial charge is 0.123 e.